The summed E-state index contributed by atoms with van der Waals surface area (Å²) in [6.45, 7) is 7.06. The van der Waals surface area contributed by atoms with Crippen LogP contribution < -0.4 is 10.1 Å². The third kappa shape index (κ3) is 9.99. The molecule has 0 radical (unpaired) electrons. The highest BCUT2D eigenvalue weighted by Gasteiger charge is 2.38. The van der Waals surface area contributed by atoms with Crippen molar-refractivity contribution < 1.29 is 33.8 Å². The van der Waals surface area contributed by atoms with Crippen LogP contribution >= 0.6 is 0 Å². The number of hydrogen-bond acceptors (Lipinski definition) is 7. The van der Waals surface area contributed by atoms with Crippen LogP contribution in [0.25, 0.3) is 0 Å². The molecule has 1 aliphatic heterocycles. The van der Waals surface area contributed by atoms with Gasteiger partial charge in [-0.2, -0.15) is 0 Å². The van der Waals surface area contributed by atoms with Gasteiger partial charge in [0.05, 0.1) is 25.4 Å². The van der Waals surface area contributed by atoms with E-state index < -0.39 is 35.5 Å². The number of ketones is 3. The highest BCUT2D eigenvalue weighted by Crippen LogP contribution is 2.24. The fraction of sp³-hybridized carbons (Fsp3) is 0.500. The number of carbonyl (C=O) groups is 4. The van der Waals surface area contributed by atoms with Crippen molar-refractivity contribution in [1.82, 2.24) is 5.32 Å². The van der Waals surface area contributed by atoms with Gasteiger partial charge in [-0.15, -0.1) is 0 Å². The van der Waals surface area contributed by atoms with E-state index in [1.54, 1.807) is 40.0 Å². The van der Waals surface area contributed by atoms with Crippen LogP contribution in [0.2, 0.25) is 0 Å². The van der Waals surface area contributed by atoms with Gasteiger partial charge in [0.15, 0.2) is 11.6 Å². The van der Waals surface area contributed by atoms with E-state index in [-0.39, 0.29) is 43.0 Å². The molecule has 0 saturated carbocycles. The van der Waals surface area contributed by atoms with Gasteiger partial charge in [-0.1, -0.05) is 48.9 Å². The van der Waals surface area contributed by atoms with Gasteiger partial charge in [-0.25, -0.2) is 0 Å². The van der Waals surface area contributed by atoms with Crippen molar-refractivity contribution in [2.75, 3.05) is 13.7 Å². The SMILES string of the molecule is COc1ccc(C[C@H](NC(=O)[C@@H](C)CC(=O)CC(C)(C)O)C(=O)C[C@@H](Cc2ccc(C)cc2)C(=O)[C@H]2CO2)cc1. The third-order valence-corrected chi connectivity index (χ3v) is 7.02. The van der Waals surface area contributed by atoms with E-state index in [9.17, 15) is 24.3 Å². The van der Waals surface area contributed by atoms with E-state index in [1.807, 2.05) is 43.3 Å². The number of aryl methyl sites for hydroxylation is 1. The minimum atomic E-state index is -1.16. The second-order valence-corrected chi connectivity index (χ2v) is 11.5. The van der Waals surface area contributed by atoms with Crippen LogP contribution in [0.3, 0.4) is 0 Å². The molecule has 2 N–H and O–H groups in total. The van der Waals surface area contributed by atoms with Crippen molar-refractivity contribution in [3.63, 3.8) is 0 Å². The summed E-state index contributed by atoms with van der Waals surface area (Å²) in [5.74, 6) is -1.62. The molecular weight excluding hydrogens is 510 g/mol. The Balaban J connectivity index is 1.77. The second kappa shape index (κ2) is 13.8. The lowest BCUT2D eigenvalue weighted by Gasteiger charge is -2.23. The Kier molecular flexibility index (Phi) is 10.8. The minimum Gasteiger partial charge on any atom is -0.497 e. The third-order valence-electron chi connectivity index (χ3n) is 7.02. The Morgan fingerprint density at radius 2 is 1.57 bits per heavy atom. The number of amides is 1. The molecule has 1 saturated heterocycles. The summed E-state index contributed by atoms with van der Waals surface area (Å²) in [6, 6.07) is 14.2. The van der Waals surface area contributed by atoms with Gasteiger partial charge in [0.1, 0.15) is 17.6 Å². The maximum Gasteiger partial charge on any atom is 0.223 e. The smallest absolute Gasteiger partial charge is 0.223 e. The van der Waals surface area contributed by atoms with Gasteiger partial charge in [0, 0.05) is 31.1 Å². The van der Waals surface area contributed by atoms with Crippen LogP contribution in [0.1, 0.15) is 56.7 Å². The molecule has 216 valence electrons. The largest absolute Gasteiger partial charge is 0.497 e. The van der Waals surface area contributed by atoms with Crippen LogP contribution in [0.15, 0.2) is 48.5 Å². The lowest BCUT2D eigenvalue weighted by Crippen LogP contribution is -2.46. The fourth-order valence-corrected chi connectivity index (χ4v) is 4.69. The van der Waals surface area contributed by atoms with E-state index in [4.69, 9.17) is 9.47 Å². The predicted molar refractivity (Wildman–Crippen MR) is 151 cm³/mol. The van der Waals surface area contributed by atoms with Crippen molar-refractivity contribution >= 4 is 23.3 Å². The molecule has 1 amide bonds. The highest BCUT2D eigenvalue weighted by molar-refractivity contribution is 5.96. The molecule has 0 unspecified atom stereocenters. The van der Waals surface area contributed by atoms with Crippen LogP contribution in [0.4, 0.5) is 0 Å². The number of rotatable bonds is 16. The van der Waals surface area contributed by atoms with Crippen LogP contribution in [-0.2, 0) is 36.8 Å². The maximum atomic E-state index is 13.7. The van der Waals surface area contributed by atoms with Crippen molar-refractivity contribution in [2.24, 2.45) is 11.8 Å². The molecule has 2 aromatic carbocycles. The first-order valence-electron chi connectivity index (χ1n) is 13.8. The lowest BCUT2D eigenvalue weighted by molar-refractivity contribution is -0.134. The van der Waals surface area contributed by atoms with Gasteiger partial charge < -0.3 is 19.9 Å². The zero-order valence-electron chi connectivity index (χ0n) is 24.1. The Bertz CT molecular complexity index is 1180. The molecule has 1 heterocycles. The molecule has 1 aliphatic rings. The topological polar surface area (TPSA) is 122 Å². The minimum absolute atomic E-state index is 0.0420. The monoisotopic (exact) mass is 551 g/mol. The predicted octanol–water partition coefficient (Wildman–Crippen LogP) is 3.57. The average Bonchev–Trinajstić information content (AvgIpc) is 3.73. The van der Waals surface area contributed by atoms with Crippen LogP contribution in [0.5, 0.6) is 5.75 Å². The number of nitrogens with one attached hydrogen (secondary N) is 1. The standard InChI is InChI=1S/C32H41NO7/c1-20-6-8-22(9-7-20)15-24(30(36)29-19-40-29)17-28(35)27(16-23-10-12-26(39-5)13-11-23)33-31(37)21(2)14-25(34)18-32(3,4)38/h6-13,21,24,27,29,38H,14-19H2,1-5H3,(H,33,37)/t21-,24+,27-,29+/m0/s1. The van der Waals surface area contributed by atoms with Crippen molar-refractivity contribution in [1.29, 1.82) is 0 Å². The van der Waals surface area contributed by atoms with E-state index in [2.05, 4.69) is 5.32 Å². The molecule has 3 rings (SSSR count). The van der Waals surface area contributed by atoms with E-state index >= 15 is 0 Å². The molecule has 8 heteroatoms. The van der Waals surface area contributed by atoms with E-state index in [0.29, 0.717) is 18.8 Å². The molecule has 0 aliphatic carbocycles. The number of ether oxygens (including phenoxy) is 2. The Morgan fingerprint density at radius 1 is 1.00 bits per heavy atom. The number of methoxy groups -OCH3 is 1. The van der Waals surface area contributed by atoms with Gasteiger partial charge in [0.25, 0.3) is 0 Å². The lowest BCUT2D eigenvalue weighted by atomic mass is 9.86. The molecule has 8 nitrogen and oxygen atoms in total. The molecule has 40 heavy (non-hydrogen) atoms. The first-order valence-corrected chi connectivity index (χ1v) is 13.8. The summed E-state index contributed by atoms with van der Waals surface area (Å²) >= 11 is 0. The summed E-state index contributed by atoms with van der Waals surface area (Å²) in [5.41, 5.74) is 1.71. The summed E-state index contributed by atoms with van der Waals surface area (Å²) in [4.78, 5) is 52.3. The van der Waals surface area contributed by atoms with Crippen LogP contribution in [0, 0.1) is 18.8 Å². The number of aliphatic hydroxyl groups is 1. The first kappa shape index (κ1) is 31.2. The zero-order chi connectivity index (χ0) is 29.4. The van der Waals surface area contributed by atoms with Gasteiger partial charge in [-0.05, 0) is 56.9 Å². The number of epoxide rings is 1. The molecule has 4 atom stereocenters. The highest BCUT2D eigenvalue weighted by atomic mass is 16.6. The molecule has 0 aromatic heterocycles. The summed E-state index contributed by atoms with van der Waals surface area (Å²) in [7, 11) is 1.57. The number of benzene rings is 2. The van der Waals surface area contributed by atoms with Crippen molar-refractivity contribution in [2.45, 2.75) is 77.5 Å². The number of carbonyl (C=O) groups excluding carboxylic acids is 4. The van der Waals surface area contributed by atoms with Crippen molar-refractivity contribution in [3.05, 3.63) is 65.2 Å². The molecular formula is C32H41NO7. The summed E-state index contributed by atoms with van der Waals surface area (Å²) in [5, 5.41) is 12.8. The van der Waals surface area contributed by atoms with Crippen molar-refractivity contribution in [3.8, 4) is 5.75 Å². The van der Waals surface area contributed by atoms with E-state index in [0.717, 1.165) is 16.7 Å². The number of Topliss-reactive ketones (excluding diaryl/α,β-unsaturated/α-hetero) is 3. The zero-order valence-corrected chi connectivity index (χ0v) is 24.1. The fourth-order valence-electron chi connectivity index (χ4n) is 4.69. The Hall–Kier alpha value is -3.36. The normalized spacial score (nSPS) is 16.9. The summed E-state index contributed by atoms with van der Waals surface area (Å²) < 4.78 is 10.5. The Morgan fingerprint density at radius 3 is 2.12 bits per heavy atom. The molecule has 0 bridgehead atoms. The second-order valence-electron chi connectivity index (χ2n) is 11.5. The van der Waals surface area contributed by atoms with Gasteiger partial charge in [-0.3, -0.25) is 19.2 Å². The van der Waals surface area contributed by atoms with Gasteiger partial charge >= 0.3 is 0 Å². The molecule has 0 spiro atoms. The quantitative estimate of drug-likeness (QED) is 0.306. The Labute approximate surface area is 236 Å². The first-order chi connectivity index (χ1) is 18.8. The van der Waals surface area contributed by atoms with Crippen LogP contribution in [-0.4, -0.2) is 59.8 Å². The van der Waals surface area contributed by atoms with E-state index in [1.165, 1.54) is 0 Å². The average molecular weight is 552 g/mol. The maximum absolute atomic E-state index is 13.7. The molecule has 2 aromatic rings. The number of hydrogen-bond donors (Lipinski definition) is 2. The summed E-state index contributed by atoms with van der Waals surface area (Å²) in [6.07, 6.45) is -0.0167. The van der Waals surface area contributed by atoms with Gasteiger partial charge in [0.2, 0.25) is 5.91 Å². The molecule has 1 fully saturated rings.